The van der Waals surface area contributed by atoms with Gasteiger partial charge in [0.2, 0.25) is 0 Å². The van der Waals surface area contributed by atoms with Gasteiger partial charge in [0.15, 0.2) is 5.78 Å². The molecule has 1 heterocycles. The van der Waals surface area contributed by atoms with Gasteiger partial charge in [-0.25, -0.2) is 4.68 Å². The molecule has 0 bridgehead atoms. The van der Waals surface area contributed by atoms with E-state index in [-0.39, 0.29) is 18.1 Å². The molecule has 6 nitrogen and oxygen atoms in total. The highest BCUT2D eigenvalue weighted by Gasteiger charge is 2.41. The van der Waals surface area contributed by atoms with Gasteiger partial charge in [0.05, 0.1) is 41.2 Å². The normalized spacial score (nSPS) is 16.9. The molecule has 35 heavy (non-hydrogen) atoms. The molecule has 0 saturated heterocycles. The van der Waals surface area contributed by atoms with E-state index in [1.54, 1.807) is 18.2 Å². The number of fused-ring (bicyclic) bond motifs is 1. The number of benzene rings is 3. The van der Waals surface area contributed by atoms with Gasteiger partial charge in [-0.1, -0.05) is 48.0 Å². The summed E-state index contributed by atoms with van der Waals surface area (Å²) in [5.74, 6) is -0.794. The zero-order valence-electron chi connectivity index (χ0n) is 19.5. The summed E-state index contributed by atoms with van der Waals surface area (Å²) in [6.45, 7) is 3.86. The number of carbonyl (C=O) groups excluding carboxylic acids is 2. The summed E-state index contributed by atoms with van der Waals surface area (Å²) in [5.41, 5.74) is 6.32. The molecule has 0 fully saturated rings. The van der Waals surface area contributed by atoms with E-state index in [0.717, 1.165) is 33.8 Å². The van der Waals surface area contributed by atoms with Crippen molar-refractivity contribution in [2.75, 3.05) is 0 Å². The molecule has 172 valence electrons. The van der Waals surface area contributed by atoms with Crippen molar-refractivity contribution in [3.8, 4) is 11.8 Å². The summed E-state index contributed by atoms with van der Waals surface area (Å²) < 4.78 is 1.83. The quantitative estimate of drug-likeness (QED) is 0.488. The lowest BCUT2D eigenvalue weighted by Gasteiger charge is -2.32. The highest BCUT2D eigenvalue weighted by molar-refractivity contribution is 6.00. The lowest BCUT2D eigenvalue weighted by atomic mass is 9.76. The zero-order valence-corrected chi connectivity index (χ0v) is 19.5. The van der Waals surface area contributed by atoms with Crippen molar-refractivity contribution in [2.24, 2.45) is 0 Å². The number of nitrogens with zero attached hydrogens (tertiary/aromatic N) is 3. The largest absolute Gasteiger partial charge is 0.341 e. The first-order chi connectivity index (χ1) is 17.0. The van der Waals surface area contributed by atoms with E-state index in [0.29, 0.717) is 11.1 Å². The van der Waals surface area contributed by atoms with Crippen molar-refractivity contribution in [2.45, 2.75) is 32.2 Å². The molecular weight excluding hydrogens is 436 g/mol. The molecule has 1 amide bonds. The Hall–Kier alpha value is -4.50. The van der Waals surface area contributed by atoms with Crippen LogP contribution >= 0.6 is 0 Å². The van der Waals surface area contributed by atoms with Crippen LogP contribution in [0.25, 0.3) is 5.69 Å². The summed E-state index contributed by atoms with van der Waals surface area (Å²) in [5, 5.41) is 17.1. The Kier molecular flexibility index (Phi) is 5.76. The minimum atomic E-state index is -0.754. The molecule has 0 radical (unpaired) electrons. The van der Waals surface area contributed by atoms with Gasteiger partial charge in [-0.05, 0) is 55.8 Å². The fourth-order valence-electron chi connectivity index (χ4n) is 4.87. The number of Topliss-reactive ketones (excluding diaryl/α,β-unsaturated/α-hetero) is 1. The van der Waals surface area contributed by atoms with Crippen LogP contribution in [0.15, 0.2) is 78.9 Å². The Balaban J connectivity index is 1.62. The Morgan fingerprint density at radius 1 is 1.03 bits per heavy atom. The number of rotatable bonds is 4. The molecule has 1 aromatic heterocycles. The highest BCUT2D eigenvalue weighted by atomic mass is 16.2. The van der Waals surface area contributed by atoms with E-state index in [1.807, 2.05) is 79.2 Å². The molecule has 0 unspecified atom stereocenters. The summed E-state index contributed by atoms with van der Waals surface area (Å²) in [6, 6.07) is 25.6. The first-order valence-corrected chi connectivity index (χ1v) is 11.5. The van der Waals surface area contributed by atoms with Crippen molar-refractivity contribution in [1.29, 1.82) is 5.26 Å². The first kappa shape index (κ1) is 22.3. The van der Waals surface area contributed by atoms with Crippen molar-refractivity contribution in [3.63, 3.8) is 0 Å². The molecule has 0 aliphatic heterocycles. The van der Waals surface area contributed by atoms with Crippen LogP contribution in [0.4, 0.5) is 0 Å². The van der Waals surface area contributed by atoms with Crippen LogP contribution in [0.3, 0.4) is 0 Å². The number of nitrogens with one attached hydrogen (secondary N) is 1. The average Bonchev–Trinajstić information content (AvgIpc) is 3.20. The zero-order chi connectivity index (χ0) is 24.5. The minimum absolute atomic E-state index is 0.0788. The molecule has 1 N–H and O–H groups in total. The first-order valence-electron chi connectivity index (χ1n) is 11.5. The third kappa shape index (κ3) is 4.13. The van der Waals surface area contributed by atoms with E-state index in [9.17, 15) is 14.9 Å². The fourth-order valence-corrected chi connectivity index (χ4v) is 4.87. The number of nitriles is 1. The van der Waals surface area contributed by atoms with Crippen LogP contribution in [-0.4, -0.2) is 27.5 Å². The van der Waals surface area contributed by atoms with E-state index in [4.69, 9.17) is 5.10 Å². The molecule has 1 aliphatic rings. The SMILES string of the molecule is Cc1cccc(C(=O)N[C@@H]2C(=O)Cc3c(c(C)nn3-c3ccccc3)[C@H]2c2ccc(C#N)cc2)c1. The number of amides is 1. The van der Waals surface area contributed by atoms with Crippen molar-refractivity contribution >= 4 is 11.7 Å². The van der Waals surface area contributed by atoms with Gasteiger partial charge in [-0.3, -0.25) is 9.59 Å². The van der Waals surface area contributed by atoms with Gasteiger partial charge < -0.3 is 5.32 Å². The lowest BCUT2D eigenvalue weighted by Crippen LogP contribution is -2.48. The van der Waals surface area contributed by atoms with E-state index in [1.165, 1.54) is 0 Å². The molecular formula is C29H24N4O2. The van der Waals surface area contributed by atoms with Crippen LogP contribution in [0.2, 0.25) is 0 Å². The highest BCUT2D eigenvalue weighted by Crippen LogP contribution is 2.39. The number of hydrogen-bond acceptors (Lipinski definition) is 4. The van der Waals surface area contributed by atoms with Crippen molar-refractivity contribution < 1.29 is 9.59 Å². The summed E-state index contributed by atoms with van der Waals surface area (Å²) in [7, 11) is 0. The summed E-state index contributed by atoms with van der Waals surface area (Å²) in [4.78, 5) is 26.8. The van der Waals surface area contributed by atoms with Crippen LogP contribution in [0.5, 0.6) is 0 Å². The Labute approximate surface area is 203 Å². The second-order valence-electron chi connectivity index (χ2n) is 8.87. The summed E-state index contributed by atoms with van der Waals surface area (Å²) in [6.07, 6.45) is 0.163. The maximum Gasteiger partial charge on any atom is 0.251 e. The van der Waals surface area contributed by atoms with E-state index >= 15 is 0 Å². The number of hydrogen-bond donors (Lipinski definition) is 1. The lowest BCUT2D eigenvalue weighted by molar-refractivity contribution is -0.121. The van der Waals surface area contributed by atoms with Gasteiger partial charge in [-0.2, -0.15) is 10.4 Å². The topological polar surface area (TPSA) is 87.8 Å². The average molecular weight is 461 g/mol. The second-order valence-corrected chi connectivity index (χ2v) is 8.87. The Morgan fingerprint density at radius 2 is 1.77 bits per heavy atom. The molecule has 0 spiro atoms. The van der Waals surface area contributed by atoms with E-state index < -0.39 is 12.0 Å². The smallest absolute Gasteiger partial charge is 0.251 e. The number of carbonyl (C=O) groups is 2. The molecule has 4 aromatic rings. The van der Waals surface area contributed by atoms with Gasteiger partial charge in [-0.15, -0.1) is 0 Å². The van der Waals surface area contributed by atoms with Crippen molar-refractivity contribution in [1.82, 2.24) is 15.1 Å². The number of para-hydroxylation sites is 1. The second kappa shape index (κ2) is 9.03. The maximum atomic E-state index is 13.6. The van der Waals surface area contributed by atoms with Crippen LogP contribution in [-0.2, 0) is 11.2 Å². The molecule has 6 heteroatoms. The Morgan fingerprint density at radius 3 is 2.46 bits per heavy atom. The number of ketones is 1. The third-order valence-corrected chi connectivity index (χ3v) is 6.51. The van der Waals surface area contributed by atoms with Gasteiger partial charge in [0, 0.05) is 17.0 Å². The van der Waals surface area contributed by atoms with Crippen LogP contribution in [0, 0.1) is 25.2 Å². The predicted molar refractivity (Wildman–Crippen MR) is 132 cm³/mol. The Bertz CT molecular complexity index is 1460. The van der Waals surface area contributed by atoms with Gasteiger partial charge in [0.1, 0.15) is 0 Å². The third-order valence-electron chi connectivity index (χ3n) is 6.51. The molecule has 0 saturated carbocycles. The summed E-state index contributed by atoms with van der Waals surface area (Å²) >= 11 is 0. The minimum Gasteiger partial charge on any atom is -0.341 e. The fraction of sp³-hybridized carbons (Fsp3) is 0.172. The van der Waals surface area contributed by atoms with Gasteiger partial charge in [0.25, 0.3) is 5.91 Å². The van der Waals surface area contributed by atoms with Gasteiger partial charge >= 0.3 is 0 Å². The van der Waals surface area contributed by atoms with Crippen LogP contribution in [0.1, 0.15) is 49.9 Å². The maximum absolute atomic E-state index is 13.6. The van der Waals surface area contributed by atoms with E-state index in [2.05, 4.69) is 11.4 Å². The number of aromatic nitrogens is 2. The predicted octanol–water partition coefficient (Wildman–Crippen LogP) is 4.42. The molecule has 2 atom stereocenters. The van der Waals surface area contributed by atoms with Crippen molar-refractivity contribution in [3.05, 3.63) is 118 Å². The number of aryl methyl sites for hydroxylation is 2. The molecule has 1 aliphatic carbocycles. The molecule has 3 aromatic carbocycles. The molecule has 5 rings (SSSR count). The monoisotopic (exact) mass is 460 g/mol. The standard InChI is InChI=1S/C29H24N4O2/c1-18-7-6-8-22(15-18)29(35)31-28-25(34)16-24-26(27(28)21-13-11-20(17-30)12-14-21)19(2)32-33(24)23-9-4-3-5-10-23/h3-15,27-28H,16H2,1-2H3,(H,31,35)/t27-,28-/m1/s1. The van der Waals surface area contributed by atoms with Crippen LogP contribution < -0.4 is 5.32 Å².